The molecular weight excluding hydrogens is 500 g/mol. The average molecular weight is 537 g/mol. The van der Waals surface area contributed by atoms with E-state index in [0.717, 1.165) is 35.5 Å². The maximum atomic E-state index is 13.4. The second-order valence-corrected chi connectivity index (χ2v) is 10.7. The van der Waals surface area contributed by atoms with Crippen LogP contribution in [0.25, 0.3) is 11.3 Å². The molecule has 4 aromatic rings. The maximum Gasteiger partial charge on any atom is 0.257 e. The summed E-state index contributed by atoms with van der Waals surface area (Å²) in [5.41, 5.74) is 6.10. The zero-order valence-electron chi connectivity index (χ0n) is 23.5. The van der Waals surface area contributed by atoms with E-state index in [4.69, 9.17) is 0 Å². The molecule has 5 rings (SSSR count). The predicted molar refractivity (Wildman–Crippen MR) is 159 cm³/mol. The number of aromatic nitrogens is 3. The molecule has 40 heavy (non-hydrogen) atoms. The van der Waals surface area contributed by atoms with Crippen LogP contribution in [0.4, 0.5) is 11.5 Å². The minimum atomic E-state index is -0.258. The lowest BCUT2D eigenvalue weighted by Crippen LogP contribution is -2.38. The van der Waals surface area contributed by atoms with Crippen molar-refractivity contribution in [3.8, 4) is 11.3 Å². The highest BCUT2D eigenvalue weighted by atomic mass is 16.2. The number of hydrogen-bond acceptors (Lipinski definition) is 5. The number of nitrogens with one attached hydrogen (secondary N) is 2. The minimum absolute atomic E-state index is 0.00807. The first-order valence-corrected chi connectivity index (χ1v) is 13.8. The van der Waals surface area contributed by atoms with Crippen molar-refractivity contribution in [3.05, 3.63) is 95.3 Å². The smallest absolute Gasteiger partial charge is 0.257 e. The maximum absolute atomic E-state index is 13.4. The number of anilines is 2. The monoisotopic (exact) mass is 536 g/mol. The van der Waals surface area contributed by atoms with Gasteiger partial charge in [-0.2, -0.15) is 5.10 Å². The van der Waals surface area contributed by atoms with Gasteiger partial charge in [-0.15, -0.1) is 0 Å². The third-order valence-corrected chi connectivity index (χ3v) is 7.48. The van der Waals surface area contributed by atoms with Crippen LogP contribution in [0.15, 0.2) is 73.1 Å². The number of amides is 2. The standard InChI is InChI=1S/C32H36N6O2/c1-21(2)35-30-12-11-27(20-33-30)31(39)36-28-19-26(6-5-22(28)3)32(40)38-17-14-24(15-18-38)23-7-9-25(10-8-23)29-13-16-34-37(29)4/h5-13,16,19-21,24H,14-15,17-18H2,1-4H3,(H,33,35)(H,36,39). The average Bonchev–Trinajstić information content (AvgIpc) is 3.40. The third-order valence-electron chi connectivity index (χ3n) is 7.48. The lowest BCUT2D eigenvalue weighted by atomic mass is 9.88. The normalized spacial score (nSPS) is 13.9. The number of pyridine rings is 1. The molecule has 8 heteroatoms. The summed E-state index contributed by atoms with van der Waals surface area (Å²) in [6.45, 7) is 7.38. The van der Waals surface area contributed by atoms with E-state index < -0.39 is 0 Å². The van der Waals surface area contributed by atoms with Gasteiger partial charge in [-0.1, -0.05) is 30.3 Å². The Kier molecular flexibility index (Phi) is 7.96. The van der Waals surface area contributed by atoms with Crippen LogP contribution in [0, 0.1) is 6.92 Å². The van der Waals surface area contributed by atoms with Gasteiger partial charge in [0.25, 0.3) is 11.8 Å². The number of benzene rings is 2. The molecule has 1 fully saturated rings. The van der Waals surface area contributed by atoms with Gasteiger partial charge in [0.15, 0.2) is 0 Å². The Labute approximate surface area is 235 Å². The quantitative estimate of drug-likeness (QED) is 0.308. The summed E-state index contributed by atoms with van der Waals surface area (Å²) < 4.78 is 1.88. The molecule has 0 atom stereocenters. The molecule has 2 N–H and O–H groups in total. The number of carbonyl (C=O) groups is 2. The van der Waals surface area contributed by atoms with E-state index in [1.165, 1.54) is 5.56 Å². The van der Waals surface area contributed by atoms with Gasteiger partial charge in [0.05, 0.1) is 11.3 Å². The number of nitrogens with zero attached hydrogens (tertiary/aromatic N) is 4. The van der Waals surface area contributed by atoms with E-state index in [2.05, 4.69) is 45.0 Å². The Balaban J connectivity index is 1.20. The van der Waals surface area contributed by atoms with Crippen molar-refractivity contribution >= 4 is 23.3 Å². The van der Waals surface area contributed by atoms with Crippen LogP contribution in [0.2, 0.25) is 0 Å². The number of carbonyl (C=O) groups excluding carboxylic acids is 2. The fourth-order valence-corrected chi connectivity index (χ4v) is 5.18. The first kappa shape index (κ1) is 27.1. The second-order valence-electron chi connectivity index (χ2n) is 10.7. The highest BCUT2D eigenvalue weighted by molar-refractivity contribution is 6.05. The van der Waals surface area contributed by atoms with Crippen molar-refractivity contribution in [2.24, 2.45) is 7.05 Å². The molecule has 1 aliphatic rings. The van der Waals surface area contributed by atoms with E-state index in [9.17, 15) is 9.59 Å². The van der Waals surface area contributed by atoms with Crippen LogP contribution in [0.1, 0.15) is 64.4 Å². The number of aryl methyl sites for hydroxylation is 2. The number of hydrogen-bond donors (Lipinski definition) is 2. The van der Waals surface area contributed by atoms with Crippen molar-refractivity contribution in [1.82, 2.24) is 19.7 Å². The fourth-order valence-electron chi connectivity index (χ4n) is 5.18. The minimum Gasteiger partial charge on any atom is -0.368 e. The largest absolute Gasteiger partial charge is 0.368 e. The highest BCUT2D eigenvalue weighted by Gasteiger charge is 2.25. The Hall–Kier alpha value is -4.46. The molecule has 0 aliphatic carbocycles. The Morgan fingerprint density at radius 1 is 0.950 bits per heavy atom. The molecule has 2 aromatic heterocycles. The zero-order chi connectivity index (χ0) is 28.2. The summed E-state index contributed by atoms with van der Waals surface area (Å²) in [5, 5.41) is 10.4. The van der Waals surface area contributed by atoms with Crippen molar-refractivity contribution in [2.45, 2.75) is 45.6 Å². The molecule has 3 heterocycles. The van der Waals surface area contributed by atoms with E-state index >= 15 is 0 Å². The summed E-state index contributed by atoms with van der Waals surface area (Å²) >= 11 is 0. The molecule has 206 valence electrons. The highest BCUT2D eigenvalue weighted by Crippen LogP contribution is 2.31. The molecule has 1 saturated heterocycles. The molecular formula is C32H36N6O2. The third kappa shape index (κ3) is 6.06. The second kappa shape index (κ2) is 11.7. The molecule has 0 spiro atoms. The van der Waals surface area contributed by atoms with Gasteiger partial charge < -0.3 is 15.5 Å². The number of likely N-dealkylation sites (tertiary alicyclic amines) is 1. The Morgan fingerprint density at radius 2 is 1.68 bits per heavy atom. The van der Waals surface area contributed by atoms with E-state index in [-0.39, 0.29) is 17.9 Å². The Bertz CT molecular complexity index is 1480. The molecule has 2 amide bonds. The van der Waals surface area contributed by atoms with Gasteiger partial charge in [-0.3, -0.25) is 14.3 Å². The van der Waals surface area contributed by atoms with Gasteiger partial charge >= 0.3 is 0 Å². The zero-order valence-corrected chi connectivity index (χ0v) is 23.5. The van der Waals surface area contributed by atoms with Gasteiger partial charge in [-0.05, 0) is 86.6 Å². The van der Waals surface area contributed by atoms with Crippen molar-refractivity contribution in [2.75, 3.05) is 23.7 Å². The summed E-state index contributed by atoms with van der Waals surface area (Å²) in [5.74, 6) is 0.881. The SMILES string of the molecule is Cc1ccc(C(=O)N2CCC(c3ccc(-c4ccnn4C)cc3)CC2)cc1NC(=O)c1ccc(NC(C)C)nc1. The number of piperidine rings is 1. The van der Waals surface area contributed by atoms with Gasteiger partial charge in [-0.25, -0.2) is 4.98 Å². The first-order valence-electron chi connectivity index (χ1n) is 13.8. The van der Waals surface area contributed by atoms with E-state index in [1.54, 1.807) is 24.4 Å². The summed E-state index contributed by atoms with van der Waals surface area (Å²) in [6.07, 6.45) is 5.20. The fraction of sp³-hybridized carbons (Fsp3) is 0.312. The van der Waals surface area contributed by atoms with Crippen LogP contribution in [0.5, 0.6) is 0 Å². The topological polar surface area (TPSA) is 92.2 Å². The predicted octanol–water partition coefficient (Wildman–Crippen LogP) is 5.88. The first-order chi connectivity index (χ1) is 19.3. The van der Waals surface area contributed by atoms with E-state index in [1.807, 2.05) is 61.8 Å². The Morgan fingerprint density at radius 3 is 2.30 bits per heavy atom. The van der Waals surface area contributed by atoms with Crippen molar-refractivity contribution in [1.29, 1.82) is 0 Å². The number of rotatable bonds is 7. The molecule has 2 aromatic carbocycles. The van der Waals surface area contributed by atoms with Gasteiger partial charge in [0.1, 0.15) is 5.82 Å². The lowest BCUT2D eigenvalue weighted by Gasteiger charge is -2.32. The van der Waals surface area contributed by atoms with Crippen LogP contribution in [-0.4, -0.2) is 50.6 Å². The molecule has 0 saturated carbocycles. The molecule has 0 radical (unpaired) electrons. The summed E-state index contributed by atoms with van der Waals surface area (Å²) in [4.78, 5) is 32.5. The van der Waals surface area contributed by atoms with Gasteiger partial charge in [0, 0.05) is 49.8 Å². The summed E-state index contributed by atoms with van der Waals surface area (Å²) in [7, 11) is 1.95. The van der Waals surface area contributed by atoms with Gasteiger partial charge in [0.2, 0.25) is 0 Å². The summed E-state index contributed by atoms with van der Waals surface area (Å²) in [6, 6.07) is 20.0. The molecule has 0 unspecified atom stereocenters. The molecule has 1 aliphatic heterocycles. The van der Waals surface area contributed by atoms with Crippen LogP contribution in [-0.2, 0) is 7.05 Å². The van der Waals surface area contributed by atoms with Crippen LogP contribution in [0.3, 0.4) is 0 Å². The molecule has 8 nitrogen and oxygen atoms in total. The van der Waals surface area contributed by atoms with E-state index in [0.29, 0.717) is 35.8 Å². The van der Waals surface area contributed by atoms with Crippen LogP contribution >= 0.6 is 0 Å². The van der Waals surface area contributed by atoms with Crippen molar-refractivity contribution < 1.29 is 9.59 Å². The molecule has 0 bridgehead atoms. The van der Waals surface area contributed by atoms with Crippen LogP contribution < -0.4 is 10.6 Å². The lowest BCUT2D eigenvalue weighted by molar-refractivity contribution is 0.0712. The van der Waals surface area contributed by atoms with Crippen molar-refractivity contribution in [3.63, 3.8) is 0 Å².